The molecule has 1 fully saturated rings. The first kappa shape index (κ1) is 21.1. The minimum atomic E-state index is -2.87. The Morgan fingerprint density at radius 2 is 2.00 bits per heavy atom. The van der Waals surface area contributed by atoms with Gasteiger partial charge in [0.25, 0.3) is 0 Å². The second-order valence-electron chi connectivity index (χ2n) is 5.71. The number of nitrogens with zero attached hydrogens (tertiary/aromatic N) is 1. The largest absolute Gasteiger partial charge is 0.481 e. The highest BCUT2D eigenvalue weighted by Gasteiger charge is 2.26. The zero-order valence-electron chi connectivity index (χ0n) is 13.5. The molecule has 1 saturated heterocycles. The van der Waals surface area contributed by atoms with Gasteiger partial charge in [-0.3, -0.25) is 14.5 Å². The molecular weight excluding hydrogens is 358 g/mol. The van der Waals surface area contributed by atoms with E-state index in [1.54, 1.807) is 12.1 Å². The summed E-state index contributed by atoms with van der Waals surface area (Å²) in [6, 6.07) is 6.02. The number of amides is 1. The van der Waals surface area contributed by atoms with Crippen molar-refractivity contribution in [3.63, 3.8) is 0 Å². The van der Waals surface area contributed by atoms with Crippen LogP contribution in [0.15, 0.2) is 24.3 Å². The third-order valence-electron chi connectivity index (χ3n) is 3.86. The van der Waals surface area contributed by atoms with Crippen LogP contribution in [0.1, 0.15) is 18.4 Å². The van der Waals surface area contributed by atoms with Gasteiger partial charge < -0.3 is 15.2 Å². The highest BCUT2D eigenvalue weighted by molar-refractivity contribution is 5.85. The number of carbonyl (C=O) groups is 2. The maximum absolute atomic E-state index is 12.1. The fourth-order valence-electron chi connectivity index (χ4n) is 2.65. The first-order valence-corrected chi connectivity index (χ1v) is 7.69. The van der Waals surface area contributed by atoms with Crippen molar-refractivity contribution < 1.29 is 28.2 Å². The SMILES string of the molecule is Cl.O=C(CN1CCCC(C(=O)O)C1)NCc1ccc(OC(F)F)cc1. The number of hydrogen-bond acceptors (Lipinski definition) is 4. The number of nitrogens with one attached hydrogen (secondary N) is 1. The Balaban J connectivity index is 0.00000312. The van der Waals surface area contributed by atoms with Crippen LogP contribution in [0, 0.1) is 5.92 Å². The zero-order chi connectivity index (χ0) is 17.5. The number of likely N-dealkylation sites (tertiary alicyclic amines) is 1. The van der Waals surface area contributed by atoms with Gasteiger partial charge in [0.1, 0.15) is 5.75 Å². The fraction of sp³-hybridized carbons (Fsp3) is 0.500. The summed E-state index contributed by atoms with van der Waals surface area (Å²) in [5.74, 6) is -1.39. The molecule has 0 radical (unpaired) electrons. The molecule has 1 aromatic rings. The molecule has 1 atom stereocenters. The lowest BCUT2D eigenvalue weighted by molar-refractivity contribution is -0.144. The molecule has 2 rings (SSSR count). The van der Waals surface area contributed by atoms with Crippen molar-refractivity contribution in [3.8, 4) is 5.75 Å². The second-order valence-corrected chi connectivity index (χ2v) is 5.71. The molecule has 25 heavy (non-hydrogen) atoms. The maximum Gasteiger partial charge on any atom is 0.387 e. The van der Waals surface area contributed by atoms with Gasteiger partial charge in [0.2, 0.25) is 5.91 Å². The van der Waals surface area contributed by atoms with Crippen LogP contribution in [0.2, 0.25) is 0 Å². The highest BCUT2D eigenvalue weighted by Crippen LogP contribution is 2.16. The van der Waals surface area contributed by atoms with Crippen molar-refractivity contribution in [2.24, 2.45) is 5.92 Å². The molecule has 2 N–H and O–H groups in total. The molecule has 0 saturated carbocycles. The molecule has 1 unspecified atom stereocenters. The topological polar surface area (TPSA) is 78.9 Å². The predicted molar refractivity (Wildman–Crippen MR) is 89.0 cm³/mol. The van der Waals surface area contributed by atoms with E-state index in [1.807, 2.05) is 4.90 Å². The van der Waals surface area contributed by atoms with Gasteiger partial charge in [0.05, 0.1) is 12.5 Å². The van der Waals surface area contributed by atoms with Gasteiger partial charge in [-0.2, -0.15) is 8.78 Å². The molecule has 1 heterocycles. The molecule has 0 aliphatic carbocycles. The maximum atomic E-state index is 12.1. The van der Waals surface area contributed by atoms with E-state index in [0.29, 0.717) is 19.5 Å². The van der Waals surface area contributed by atoms with Crippen LogP contribution in [-0.2, 0) is 16.1 Å². The number of halogens is 3. The van der Waals surface area contributed by atoms with Gasteiger partial charge in [0, 0.05) is 13.1 Å². The van der Waals surface area contributed by atoms with E-state index >= 15 is 0 Å². The molecule has 140 valence electrons. The van der Waals surface area contributed by atoms with Crippen LogP contribution in [-0.4, -0.2) is 48.1 Å². The minimum absolute atomic E-state index is 0. The number of carbonyl (C=O) groups excluding carboxylic acids is 1. The number of alkyl halides is 2. The lowest BCUT2D eigenvalue weighted by atomic mass is 9.98. The molecule has 0 bridgehead atoms. The highest BCUT2D eigenvalue weighted by atomic mass is 35.5. The Labute approximate surface area is 150 Å². The Morgan fingerprint density at radius 3 is 2.60 bits per heavy atom. The van der Waals surface area contributed by atoms with E-state index in [4.69, 9.17) is 5.11 Å². The lowest BCUT2D eigenvalue weighted by Crippen LogP contribution is -2.44. The molecule has 6 nitrogen and oxygen atoms in total. The second kappa shape index (κ2) is 10.1. The number of benzene rings is 1. The molecule has 1 aromatic carbocycles. The van der Waals surface area contributed by atoms with E-state index in [9.17, 15) is 18.4 Å². The summed E-state index contributed by atoms with van der Waals surface area (Å²) in [6.07, 6.45) is 1.40. The summed E-state index contributed by atoms with van der Waals surface area (Å²) in [5.41, 5.74) is 0.757. The van der Waals surface area contributed by atoms with Gasteiger partial charge in [-0.05, 0) is 37.1 Å². The zero-order valence-corrected chi connectivity index (χ0v) is 14.3. The first-order valence-electron chi connectivity index (χ1n) is 7.69. The third-order valence-corrected chi connectivity index (χ3v) is 3.86. The van der Waals surface area contributed by atoms with Gasteiger partial charge in [-0.15, -0.1) is 12.4 Å². The summed E-state index contributed by atoms with van der Waals surface area (Å²) in [5, 5.41) is 11.8. The Bertz CT molecular complexity index is 572. The number of piperidine rings is 1. The quantitative estimate of drug-likeness (QED) is 0.760. The lowest BCUT2D eigenvalue weighted by Gasteiger charge is -2.29. The summed E-state index contributed by atoms with van der Waals surface area (Å²) >= 11 is 0. The molecule has 1 aliphatic rings. The van der Waals surface area contributed by atoms with Crippen molar-refractivity contribution in [1.82, 2.24) is 10.2 Å². The standard InChI is InChI=1S/C16H20F2N2O4.ClH/c17-16(18)24-13-5-3-11(4-6-13)8-19-14(21)10-20-7-1-2-12(9-20)15(22)23;/h3-6,12,16H,1-2,7-10H2,(H,19,21)(H,22,23);1H. The Kier molecular flexibility index (Phi) is 8.57. The molecular formula is C16H21ClF2N2O4. The normalized spacial score (nSPS) is 17.6. The van der Waals surface area contributed by atoms with E-state index in [1.165, 1.54) is 12.1 Å². The van der Waals surface area contributed by atoms with Crippen LogP contribution >= 0.6 is 12.4 Å². The van der Waals surface area contributed by atoms with E-state index < -0.39 is 18.5 Å². The first-order chi connectivity index (χ1) is 11.4. The molecule has 0 aromatic heterocycles. The van der Waals surface area contributed by atoms with E-state index in [2.05, 4.69) is 10.1 Å². The van der Waals surface area contributed by atoms with Gasteiger partial charge >= 0.3 is 12.6 Å². The number of carboxylic acids is 1. The molecule has 0 spiro atoms. The minimum Gasteiger partial charge on any atom is -0.481 e. The average Bonchev–Trinajstić information content (AvgIpc) is 2.54. The van der Waals surface area contributed by atoms with Crippen LogP contribution in [0.5, 0.6) is 5.75 Å². The molecule has 1 amide bonds. The predicted octanol–water partition coefficient (Wildman–Crippen LogP) is 2.12. The number of rotatable bonds is 7. The van der Waals surface area contributed by atoms with E-state index in [0.717, 1.165) is 12.0 Å². The summed E-state index contributed by atoms with van der Waals surface area (Å²) < 4.78 is 28.4. The number of hydrogen-bond donors (Lipinski definition) is 2. The summed E-state index contributed by atoms with van der Waals surface area (Å²) in [4.78, 5) is 24.8. The molecule has 9 heteroatoms. The summed E-state index contributed by atoms with van der Waals surface area (Å²) in [7, 11) is 0. The third kappa shape index (κ3) is 7.23. The summed E-state index contributed by atoms with van der Waals surface area (Å²) in [6.45, 7) is -1.37. The van der Waals surface area contributed by atoms with Gasteiger partial charge in [-0.25, -0.2) is 0 Å². The van der Waals surface area contributed by atoms with Gasteiger partial charge in [-0.1, -0.05) is 12.1 Å². The van der Waals surface area contributed by atoms with E-state index in [-0.39, 0.29) is 37.2 Å². The van der Waals surface area contributed by atoms with Crippen molar-refractivity contribution in [2.75, 3.05) is 19.6 Å². The van der Waals surface area contributed by atoms with Crippen LogP contribution in [0.4, 0.5) is 8.78 Å². The smallest absolute Gasteiger partial charge is 0.387 e. The molecule has 1 aliphatic heterocycles. The number of carboxylic acid groups (broad SMARTS) is 1. The van der Waals surface area contributed by atoms with Crippen LogP contribution in [0.25, 0.3) is 0 Å². The monoisotopic (exact) mass is 378 g/mol. The van der Waals surface area contributed by atoms with Gasteiger partial charge in [0.15, 0.2) is 0 Å². The number of ether oxygens (including phenoxy) is 1. The Hall–Kier alpha value is -1.93. The van der Waals surface area contributed by atoms with Crippen molar-refractivity contribution in [1.29, 1.82) is 0 Å². The fourth-order valence-corrected chi connectivity index (χ4v) is 2.65. The van der Waals surface area contributed by atoms with Crippen LogP contribution in [0.3, 0.4) is 0 Å². The van der Waals surface area contributed by atoms with Crippen LogP contribution < -0.4 is 10.1 Å². The van der Waals surface area contributed by atoms with Crippen molar-refractivity contribution in [3.05, 3.63) is 29.8 Å². The Morgan fingerprint density at radius 1 is 1.32 bits per heavy atom. The average molecular weight is 379 g/mol. The van der Waals surface area contributed by atoms with Crippen molar-refractivity contribution in [2.45, 2.75) is 26.0 Å². The number of aliphatic carboxylic acids is 1. The van der Waals surface area contributed by atoms with Crippen molar-refractivity contribution >= 4 is 24.3 Å².